The van der Waals surface area contributed by atoms with Crippen molar-refractivity contribution < 1.29 is 4.39 Å². The molecule has 0 amide bonds. The first-order valence-corrected chi connectivity index (χ1v) is 5.59. The fraction of sp³-hybridized carbons (Fsp3) is 0.182. The highest BCUT2D eigenvalue weighted by Gasteiger charge is 2.13. The molecule has 2 aromatic rings. The highest BCUT2D eigenvalue weighted by atomic mass is 79.9. The lowest BCUT2D eigenvalue weighted by Crippen LogP contribution is -1.92. The Kier molecular flexibility index (Phi) is 2.69. The average Bonchev–Trinajstić information content (AvgIpc) is 2.13. The van der Waals surface area contributed by atoms with Crippen LogP contribution in [-0.4, -0.2) is 4.98 Å². The van der Waals surface area contributed by atoms with E-state index >= 15 is 0 Å². The molecule has 0 bridgehead atoms. The Balaban J connectivity index is 3.03. The lowest BCUT2D eigenvalue weighted by Gasteiger charge is -2.07. The van der Waals surface area contributed by atoms with Crippen molar-refractivity contribution in [3.8, 4) is 0 Å². The summed E-state index contributed by atoms with van der Waals surface area (Å²) in [7, 11) is 0. The number of aryl methyl sites for hydroxylation is 2. The Morgan fingerprint density at radius 1 is 1.33 bits per heavy atom. The van der Waals surface area contributed by atoms with Crippen LogP contribution in [0.3, 0.4) is 0 Å². The summed E-state index contributed by atoms with van der Waals surface area (Å²) in [6.07, 6.45) is 0. The largest absolute Gasteiger partial charge is 0.253 e. The van der Waals surface area contributed by atoms with Gasteiger partial charge >= 0.3 is 0 Å². The first-order chi connectivity index (χ1) is 7.00. The van der Waals surface area contributed by atoms with Gasteiger partial charge in [-0.2, -0.15) is 0 Å². The van der Waals surface area contributed by atoms with Crippen LogP contribution < -0.4 is 0 Å². The van der Waals surface area contributed by atoms with Crippen LogP contribution in [0.1, 0.15) is 11.3 Å². The molecule has 0 atom stereocenters. The van der Waals surface area contributed by atoms with E-state index in [2.05, 4.69) is 20.9 Å². The molecular weight excluding hydrogens is 280 g/mol. The van der Waals surface area contributed by atoms with Crippen molar-refractivity contribution in [1.29, 1.82) is 0 Å². The van der Waals surface area contributed by atoms with E-state index in [1.165, 1.54) is 0 Å². The third kappa shape index (κ3) is 1.74. The highest BCUT2D eigenvalue weighted by Crippen LogP contribution is 2.32. The van der Waals surface area contributed by atoms with Gasteiger partial charge in [0.15, 0.2) is 0 Å². The van der Waals surface area contributed by atoms with E-state index in [1.807, 2.05) is 13.8 Å². The van der Waals surface area contributed by atoms with Crippen molar-refractivity contribution in [2.24, 2.45) is 0 Å². The number of aromatic nitrogens is 1. The zero-order valence-corrected chi connectivity index (χ0v) is 10.6. The molecule has 0 aliphatic rings. The summed E-state index contributed by atoms with van der Waals surface area (Å²) in [6, 6.07) is 3.37. The molecule has 0 spiro atoms. The number of hydrogen-bond donors (Lipinski definition) is 0. The van der Waals surface area contributed by atoms with E-state index in [0.29, 0.717) is 20.4 Å². The normalized spacial score (nSPS) is 11.0. The maximum atomic E-state index is 13.8. The summed E-state index contributed by atoms with van der Waals surface area (Å²) in [5.41, 5.74) is 2.32. The molecule has 1 aromatic heterocycles. The van der Waals surface area contributed by atoms with Gasteiger partial charge in [0, 0.05) is 5.69 Å². The Bertz CT molecular complexity index is 554. The second-order valence-corrected chi connectivity index (χ2v) is 4.72. The molecule has 4 heteroatoms. The van der Waals surface area contributed by atoms with E-state index in [0.717, 1.165) is 11.3 Å². The van der Waals surface area contributed by atoms with Crippen LogP contribution in [0.15, 0.2) is 16.6 Å². The van der Waals surface area contributed by atoms with Crippen LogP contribution >= 0.6 is 27.5 Å². The van der Waals surface area contributed by atoms with Crippen LogP contribution in [0.5, 0.6) is 0 Å². The summed E-state index contributed by atoms with van der Waals surface area (Å²) >= 11 is 9.17. The average molecular weight is 289 g/mol. The number of nitrogens with zero attached hydrogens (tertiary/aromatic N) is 1. The topological polar surface area (TPSA) is 12.9 Å². The zero-order valence-electron chi connectivity index (χ0n) is 8.24. The van der Waals surface area contributed by atoms with E-state index in [-0.39, 0.29) is 5.82 Å². The van der Waals surface area contributed by atoms with Gasteiger partial charge in [0.25, 0.3) is 0 Å². The van der Waals surface area contributed by atoms with Crippen LogP contribution in [0, 0.1) is 19.7 Å². The Labute approximate surface area is 100 Å². The van der Waals surface area contributed by atoms with E-state index in [4.69, 9.17) is 11.6 Å². The molecule has 0 N–H and O–H groups in total. The molecular formula is C11H8BrClFN. The fourth-order valence-corrected chi connectivity index (χ4v) is 2.44. The summed E-state index contributed by atoms with van der Waals surface area (Å²) < 4.78 is 14.2. The lowest BCUT2D eigenvalue weighted by molar-refractivity contribution is 0.632. The van der Waals surface area contributed by atoms with Crippen LogP contribution in [0.4, 0.5) is 4.39 Å². The van der Waals surface area contributed by atoms with Crippen LogP contribution in [0.25, 0.3) is 10.9 Å². The molecule has 0 aliphatic carbocycles. The molecule has 78 valence electrons. The second kappa shape index (κ2) is 3.72. The Morgan fingerprint density at radius 3 is 2.67 bits per heavy atom. The molecule has 0 saturated carbocycles. The molecule has 0 saturated heterocycles. The predicted octanol–water partition coefficient (Wildman–Crippen LogP) is 4.41. The van der Waals surface area contributed by atoms with Gasteiger partial charge in [-0.05, 0) is 47.5 Å². The van der Waals surface area contributed by atoms with E-state index in [9.17, 15) is 4.39 Å². The fourth-order valence-electron chi connectivity index (χ4n) is 1.57. The lowest BCUT2D eigenvalue weighted by atomic mass is 10.1. The molecule has 15 heavy (non-hydrogen) atoms. The van der Waals surface area contributed by atoms with Crippen molar-refractivity contribution >= 4 is 38.4 Å². The van der Waals surface area contributed by atoms with Gasteiger partial charge in [-0.15, -0.1) is 0 Å². The molecule has 0 aliphatic heterocycles. The van der Waals surface area contributed by atoms with Gasteiger partial charge in [-0.25, -0.2) is 4.39 Å². The first kappa shape index (κ1) is 10.8. The number of fused-ring (bicyclic) bond motifs is 1. The SMILES string of the molecule is Cc1cc(Cl)c2c(F)c(Br)cc(C)c2n1. The summed E-state index contributed by atoms with van der Waals surface area (Å²) in [5.74, 6) is -0.354. The van der Waals surface area contributed by atoms with Crippen molar-refractivity contribution in [3.63, 3.8) is 0 Å². The van der Waals surface area contributed by atoms with Crippen molar-refractivity contribution in [3.05, 3.63) is 38.7 Å². The number of pyridine rings is 1. The summed E-state index contributed by atoms with van der Waals surface area (Å²) in [4.78, 5) is 4.29. The molecule has 0 fully saturated rings. The van der Waals surface area contributed by atoms with Crippen LogP contribution in [0.2, 0.25) is 5.02 Å². The maximum Gasteiger partial charge on any atom is 0.148 e. The summed E-state index contributed by atoms with van der Waals surface area (Å²) in [5, 5.41) is 0.786. The van der Waals surface area contributed by atoms with Gasteiger partial charge < -0.3 is 0 Å². The standard InChI is InChI=1S/C11H8BrClFN/c1-5-3-7(12)10(14)9-8(13)4-6(2)15-11(5)9/h3-4H,1-2H3. The predicted molar refractivity (Wildman–Crippen MR) is 63.9 cm³/mol. The quantitative estimate of drug-likeness (QED) is 0.700. The molecule has 0 unspecified atom stereocenters. The van der Waals surface area contributed by atoms with Gasteiger partial charge in [-0.3, -0.25) is 4.98 Å². The second-order valence-electron chi connectivity index (χ2n) is 3.46. The monoisotopic (exact) mass is 287 g/mol. The summed E-state index contributed by atoms with van der Waals surface area (Å²) in [6.45, 7) is 3.72. The third-order valence-electron chi connectivity index (χ3n) is 2.25. The Hall–Kier alpha value is -0.670. The van der Waals surface area contributed by atoms with Crippen molar-refractivity contribution in [2.75, 3.05) is 0 Å². The van der Waals surface area contributed by atoms with Gasteiger partial charge in [-0.1, -0.05) is 11.6 Å². The van der Waals surface area contributed by atoms with Gasteiger partial charge in [0.2, 0.25) is 0 Å². The minimum Gasteiger partial charge on any atom is -0.253 e. The smallest absolute Gasteiger partial charge is 0.148 e. The molecule has 0 radical (unpaired) electrons. The number of halogens is 3. The molecule has 2 rings (SSSR count). The minimum atomic E-state index is -0.354. The number of benzene rings is 1. The highest BCUT2D eigenvalue weighted by molar-refractivity contribution is 9.10. The van der Waals surface area contributed by atoms with E-state index in [1.54, 1.807) is 12.1 Å². The third-order valence-corrected chi connectivity index (χ3v) is 3.12. The molecule has 1 nitrogen and oxygen atoms in total. The zero-order chi connectivity index (χ0) is 11.2. The van der Waals surface area contributed by atoms with Crippen LogP contribution in [-0.2, 0) is 0 Å². The number of rotatable bonds is 0. The van der Waals surface area contributed by atoms with Gasteiger partial charge in [0.05, 0.1) is 20.4 Å². The molecule has 1 aromatic carbocycles. The first-order valence-electron chi connectivity index (χ1n) is 4.42. The number of hydrogen-bond acceptors (Lipinski definition) is 1. The minimum absolute atomic E-state index is 0.354. The van der Waals surface area contributed by atoms with Crippen molar-refractivity contribution in [1.82, 2.24) is 4.98 Å². The maximum absolute atomic E-state index is 13.8. The van der Waals surface area contributed by atoms with Crippen molar-refractivity contribution in [2.45, 2.75) is 13.8 Å². The van der Waals surface area contributed by atoms with E-state index < -0.39 is 0 Å². The molecule has 1 heterocycles. The Morgan fingerprint density at radius 2 is 2.00 bits per heavy atom. The van der Waals surface area contributed by atoms with Gasteiger partial charge in [0.1, 0.15) is 5.82 Å².